The number of amides is 1. The molecule has 5 nitrogen and oxygen atoms in total. The van der Waals surface area contributed by atoms with Crippen molar-refractivity contribution in [3.05, 3.63) is 75.2 Å². The van der Waals surface area contributed by atoms with Crippen LogP contribution in [0.25, 0.3) is 11.0 Å². The molecule has 0 radical (unpaired) electrons. The number of carbonyl (C=O) groups excluding carboxylic acids is 1. The van der Waals surface area contributed by atoms with E-state index in [0.29, 0.717) is 10.7 Å². The van der Waals surface area contributed by atoms with Gasteiger partial charge in [0.15, 0.2) is 0 Å². The van der Waals surface area contributed by atoms with E-state index in [0.717, 1.165) is 10.9 Å². The molecule has 6 heteroatoms. The maximum Gasteiger partial charge on any atom is 0.264 e. The van der Waals surface area contributed by atoms with Gasteiger partial charge in [-0.05, 0) is 29.8 Å². The molecule has 0 saturated heterocycles. The van der Waals surface area contributed by atoms with Crippen molar-refractivity contribution >= 4 is 28.5 Å². The van der Waals surface area contributed by atoms with E-state index in [4.69, 9.17) is 11.6 Å². The SMILES string of the molecule is Cn1c(=O)c(C(=O)NCc2ccccc2Cl)cc2cccnc21. The summed E-state index contributed by atoms with van der Waals surface area (Å²) < 4.78 is 1.37. The van der Waals surface area contributed by atoms with Gasteiger partial charge in [0.2, 0.25) is 0 Å². The van der Waals surface area contributed by atoms with Gasteiger partial charge in [-0.3, -0.25) is 14.2 Å². The van der Waals surface area contributed by atoms with Gasteiger partial charge < -0.3 is 5.32 Å². The van der Waals surface area contributed by atoms with Gasteiger partial charge in [-0.2, -0.15) is 0 Å². The van der Waals surface area contributed by atoms with E-state index >= 15 is 0 Å². The van der Waals surface area contributed by atoms with Gasteiger partial charge in [-0.25, -0.2) is 4.98 Å². The number of carbonyl (C=O) groups is 1. The number of halogens is 1. The number of benzene rings is 1. The molecule has 0 aliphatic rings. The lowest BCUT2D eigenvalue weighted by molar-refractivity contribution is 0.0949. The summed E-state index contributed by atoms with van der Waals surface area (Å²) in [5, 5.41) is 4.04. The summed E-state index contributed by atoms with van der Waals surface area (Å²) in [6, 6.07) is 12.4. The molecule has 1 N–H and O–H groups in total. The monoisotopic (exact) mass is 327 g/mol. The Morgan fingerprint density at radius 3 is 2.83 bits per heavy atom. The molecule has 0 bridgehead atoms. The van der Waals surface area contributed by atoms with Crippen LogP contribution in [-0.4, -0.2) is 15.5 Å². The Kier molecular flexibility index (Phi) is 4.12. The summed E-state index contributed by atoms with van der Waals surface area (Å²) in [5.41, 5.74) is 1.04. The molecular formula is C17H14ClN3O2. The standard InChI is InChI=1S/C17H14ClN3O2/c1-21-15-11(6-4-8-19-15)9-13(17(21)23)16(22)20-10-12-5-2-3-7-14(12)18/h2-9H,10H2,1H3,(H,20,22). The quantitative estimate of drug-likeness (QED) is 0.804. The molecule has 3 rings (SSSR count). The van der Waals surface area contributed by atoms with Crippen molar-refractivity contribution in [3.8, 4) is 0 Å². The molecule has 0 unspecified atom stereocenters. The van der Waals surface area contributed by atoms with Crippen molar-refractivity contribution in [2.24, 2.45) is 7.05 Å². The molecular weight excluding hydrogens is 314 g/mol. The van der Waals surface area contributed by atoms with Crippen molar-refractivity contribution in [3.63, 3.8) is 0 Å². The number of fused-ring (bicyclic) bond motifs is 1. The third kappa shape index (κ3) is 2.96. The highest BCUT2D eigenvalue weighted by molar-refractivity contribution is 6.31. The average molecular weight is 328 g/mol. The average Bonchev–Trinajstić information content (AvgIpc) is 2.57. The van der Waals surface area contributed by atoms with Gasteiger partial charge >= 0.3 is 0 Å². The Morgan fingerprint density at radius 2 is 2.04 bits per heavy atom. The lowest BCUT2D eigenvalue weighted by atomic mass is 10.1. The smallest absolute Gasteiger partial charge is 0.264 e. The topological polar surface area (TPSA) is 64.0 Å². The first-order valence-electron chi connectivity index (χ1n) is 7.04. The minimum Gasteiger partial charge on any atom is -0.348 e. The molecule has 23 heavy (non-hydrogen) atoms. The third-order valence-corrected chi connectivity index (χ3v) is 3.98. The van der Waals surface area contributed by atoms with E-state index in [1.54, 1.807) is 31.4 Å². The number of nitrogens with zero attached hydrogens (tertiary/aromatic N) is 2. The van der Waals surface area contributed by atoms with E-state index < -0.39 is 5.91 Å². The number of hydrogen-bond donors (Lipinski definition) is 1. The van der Waals surface area contributed by atoms with Gasteiger partial charge in [0, 0.05) is 30.2 Å². The fourth-order valence-corrected chi connectivity index (χ4v) is 2.57. The summed E-state index contributed by atoms with van der Waals surface area (Å²) >= 11 is 6.06. The minimum absolute atomic E-state index is 0.0834. The number of hydrogen-bond acceptors (Lipinski definition) is 3. The zero-order chi connectivity index (χ0) is 16.4. The van der Waals surface area contributed by atoms with Crippen LogP contribution in [0.4, 0.5) is 0 Å². The van der Waals surface area contributed by atoms with Gasteiger partial charge in [0.1, 0.15) is 11.2 Å². The Hall–Kier alpha value is -2.66. The first-order valence-corrected chi connectivity index (χ1v) is 7.42. The summed E-state index contributed by atoms with van der Waals surface area (Å²) in [7, 11) is 1.60. The zero-order valence-corrected chi connectivity index (χ0v) is 13.2. The first-order chi connectivity index (χ1) is 11.1. The third-order valence-electron chi connectivity index (χ3n) is 3.61. The summed E-state index contributed by atoms with van der Waals surface area (Å²) in [6.07, 6.45) is 1.61. The van der Waals surface area contributed by atoms with Crippen molar-refractivity contribution in [2.45, 2.75) is 6.54 Å². The Balaban J connectivity index is 1.91. The second-order valence-corrected chi connectivity index (χ2v) is 5.52. The molecule has 3 aromatic rings. The minimum atomic E-state index is -0.434. The number of rotatable bonds is 3. The maximum atomic E-state index is 12.4. The van der Waals surface area contributed by atoms with Crippen LogP contribution in [-0.2, 0) is 13.6 Å². The van der Waals surface area contributed by atoms with Crippen LogP contribution in [0.2, 0.25) is 5.02 Å². The fraction of sp³-hybridized carbons (Fsp3) is 0.118. The molecule has 0 fully saturated rings. The summed E-state index contributed by atoms with van der Waals surface area (Å²) in [5.74, 6) is -0.434. The van der Waals surface area contributed by atoms with Crippen molar-refractivity contribution in [1.82, 2.24) is 14.9 Å². The van der Waals surface area contributed by atoms with Gasteiger partial charge in [0.05, 0.1) is 0 Å². The molecule has 116 valence electrons. The van der Waals surface area contributed by atoms with E-state index in [1.807, 2.05) is 24.3 Å². The fourth-order valence-electron chi connectivity index (χ4n) is 2.37. The van der Waals surface area contributed by atoms with E-state index in [1.165, 1.54) is 4.57 Å². The number of aromatic nitrogens is 2. The highest BCUT2D eigenvalue weighted by atomic mass is 35.5. The van der Waals surface area contributed by atoms with Gasteiger partial charge in [0.25, 0.3) is 11.5 Å². The Bertz CT molecular complexity index is 950. The molecule has 0 saturated carbocycles. The van der Waals surface area contributed by atoms with Crippen LogP contribution in [0.1, 0.15) is 15.9 Å². The number of aryl methyl sites for hydroxylation is 1. The molecule has 0 spiro atoms. The maximum absolute atomic E-state index is 12.4. The second kappa shape index (κ2) is 6.22. The normalized spacial score (nSPS) is 10.7. The van der Waals surface area contributed by atoms with Crippen LogP contribution in [0.15, 0.2) is 53.5 Å². The summed E-state index contributed by atoms with van der Waals surface area (Å²) in [4.78, 5) is 28.9. The number of pyridine rings is 2. The van der Waals surface area contributed by atoms with E-state index in [9.17, 15) is 9.59 Å². The largest absolute Gasteiger partial charge is 0.348 e. The van der Waals surface area contributed by atoms with Gasteiger partial charge in [-0.1, -0.05) is 29.8 Å². The molecule has 2 aromatic heterocycles. The van der Waals surface area contributed by atoms with Crippen LogP contribution in [0, 0.1) is 0 Å². The molecule has 1 amide bonds. The van der Waals surface area contributed by atoms with Crippen molar-refractivity contribution < 1.29 is 4.79 Å². The lowest BCUT2D eigenvalue weighted by Gasteiger charge is -2.09. The van der Waals surface area contributed by atoms with Crippen LogP contribution in [0.3, 0.4) is 0 Å². The molecule has 2 heterocycles. The van der Waals surface area contributed by atoms with Gasteiger partial charge in [-0.15, -0.1) is 0 Å². The highest BCUT2D eigenvalue weighted by Crippen LogP contribution is 2.15. The van der Waals surface area contributed by atoms with Crippen molar-refractivity contribution in [1.29, 1.82) is 0 Å². The summed E-state index contributed by atoms with van der Waals surface area (Å²) in [6.45, 7) is 0.257. The first kappa shape index (κ1) is 15.2. The van der Waals surface area contributed by atoms with Crippen LogP contribution < -0.4 is 10.9 Å². The van der Waals surface area contributed by atoms with Crippen molar-refractivity contribution in [2.75, 3.05) is 0 Å². The Labute approximate surface area is 137 Å². The Morgan fingerprint density at radius 1 is 1.26 bits per heavy atom. The molecule has 0 aliphatic heterocycles. The number of nitrogens with one attached hydrogen (secondary N) is 1. The predicted molar refractivity (Wildman–Crippen MR) is 89.6 cm³/mol. The van der Waals surface area contributed by atoms with Crippen LogP contribution in [0.5, 0.6) is 0 Å². The lowest BCUT2D eigenvalue weighted by Crippen LogP contribution is -2.32. The molecule has 0 aliphatic carbocycles. The van der Waals surface area contributed by atoms with E-state index in [2.05, 4.69) is 10.3 Å². The highest BCUT2D eigenvalue weighted by Gasteiger charge is 2.14. The van der Waals surface area contributed by atoms with E-state index in [-0.39, 0.29) is 17.7 Å². The predicted octanol–water partition coefficient (Wildman–Crippen LogP) is 2.52. The molecule has 0 atom stereocenters. The molecule has 1 aromatic carbocycles. The second-order valence-electron chi connectivity index (χ2n) is 5.11. The zero-order valence-electron chi connectivity index (χ0n) is 12.4. The van der Waals surface area contributed by atoms with Crippen LogP contribution >= 0.6 is 11.6 Å².